The van der Waals surface area contributed by atoms with E-state index in [9.17, 15) is 0 Å². The van der Waals surface area contributed by atoms with Gasteiger partial charge in [-0.1, -0.05) is 25.8 Å². The molecule has 0 saturated heterocycles. The number of amidine groups is 1. The average molecular weight is 196 g/mol. The molecule has 1 heterocycles. The highest BCUT2D eigenvalue weighted by molar-refractivity contribution is 5.75. The molecule has 0 spiro atoms. The van der Waals surface area contributed by atoms with Crippen molar-refractivity contribution in [2.45, 2.75) is 26.2 Å². The molecule has 0 aromatic rings. The summed E-state index contributed by atoms with van der Waals surface area (Å²) < 4.78 is 5.60. The summed E-state index contributed by atoms with van der Waals surface area (Å²) in [7, 11) is 0. The van der Waals surface area contributed by atoms with Crippen LogP contribution in [0.2, 0.25) is 0 Å². The highest BCUT2D eigenvalue weighted by Gasteiger charge is 2.16. The number of nitrogens with zero attached hydrogens (tertiary/aromatic N) is 2. The molecular weight excluding hydrogens is 176 g/mol. The van der Waals surface area contributed by atoms with Gasteiger partial charge < -0.3 is 9.64 Å². The van der Waals surface area contributed by atoms with E-state index in [1.807, 2.05) is 6.08 Å². The highest BCUT2D eigenvalue weighted by atomic mass is 16.5. The van der Waals surface area contributed by atoms with E-state index in [-0.39, 0.29) is 0 Å². The van der Waals surface area contributed by atoms with Gasteiger partial charge in [-0.15, -0.1) is 6.58 Å². The van der Waals surface area contributed by atoms with Crippen molar-refractivity contribution in [1.29, 1.82) is 0 Å². The summed E-state index contributed by atoms with van der Waals surface area (Å²) in [5.74, 6) is 0. The average Bonchev–Trinajstić information content (AvgIpc) is 2.61. The molecule has 0 fully saturated rings. The van der Waals surface area contributed by atoms with E-state index >= 15 is 0 Å². The summed E-state index contributed by atoms with van der Waals surface area (Å²) in [6.07, 6.45) is 5.47. The van der Waals surface area contributed by atoms with Gasteiger partial charge in [-0.25, -0.2) is 4.99 Å². The molecule has 0 saturated carbocycles. The molecule has 80 valence electrons. The minimum absolute atomic E-state index is 0.792. The van der Waals surface area contributed by atoms with E-state index in [4.69, 9.17) is 4.74 Å². The van der Waals surface area contributed by atoms with Crippen LogP contribution in [-0.2, 0) is 4.74 Å². The molecular formula is C11H20N2O. The van der Waals surface area contributed by atoms with Crippen molar-refractivity contribution in [2.75, 3.05) is 26.2 Å². The molecule has 0 aliphatic carbocycles. The monoisotopic (exact) mass is 196 g/mol. The Morgan fingerprint density at radius 1 is 1.57 bits per heavy atom. The second-order valence-electron chi connectivity index (χ2n) is 3.45. The van der Waals surface area contributed by atoms with Gasteiger partial charge in [0.25, 0.3) is 6.02 Å². The van der Waals surface area contributed by atoms with E-state index < -0.39 is 0 Å². The Bertz CT molecular complexity index is 201. The van der Waals surface area contributed by atoms with E-state index in [2.05, 4.69) is 23.4 Å². The van der Waals surface area contributed by atoms with Crippen molar-refractivity contribution in [1.82, 2.24) is 4.90 Å². The van der Waals surface area contributed by atoms with Gasteiger partial charge in [0, 0.05) is 13.1 Å². The third kappa shape index (κ3) is 3.40. The minimum Gasteiger partial charge on any atom is -0.465 e. The van der Waals surface area contributed by atoms with Gasteiger partial charge in [0.2, 0.25) is 0 Å². The Morgan fingerprint density at radius 3 is 3.14 bits per heavy atom. The van der Waals surface area contributed by atoms with Gasteiger partial charge in [-0.2, -0.15) is 0 Å². The molecule has 0 aromatic carbocycles. The second-order valence-corrected chi connectivity index (χ2v) is 3.45. The molecule has 1 aliphatic heterocycles. The molecule has 1 rings (SSSR count). The van der Waals surface area contributed by atoms with E-state index in [1.165, 1.54) is 12.8 Å². The van der Waals surface area contributed by atoms with E-state index in [0.29, 0.717) is 0 Å². The highest BCUT2D eigenvalue weighted by Crippen LogP contribution is 2.04. The molecule has 0 unspecified atom stereocenters. The summed E-state index contributed by atoms with van der Waals surface area (Å²) >= 11 is 0. The fourth-order valence-electron chi connectivity index (χ4n) is 1.44. The van der Waals surface area contributed by atoms with Crippen LogP contribution in [0.3, 0.4) is 0 Å². The number of hydrogen-bond acceptors (Lipinski definition) is 3. The molecule has 1 aliphatic rings. The Balaban J connectivity index is 2.18. The van der Waals surface area contributed by atoms with Gasteiger partial charge in [0.1, 0.15) is 0 Å². The van der Waals surface area contributed by atoms with Gasteiger partial charge in [-0.05, 0) is 6.42 Å². The van der Waals surface area contributed by atoms with Crippen molar-refractivity contribution in [3.05, 3.63) is 12.7 Å². The lowest BCUT2D eigenvalue weighted by molar-refractivity contribution is 0.245. The Morgan fingerprint density at radius 2 is 2.43 bits per heavy atom. The summed E-state index contributed by atoms with van der Waals surface area (Å²) in [6, 6.07) is 0.806. The summed E-state index contributed by atoms with van der Waals surface area (Å²) in [6.45, 7) is 9.37. The number of aliphatic imine (C=N–C) groups is 1. The Hall–Kier alpha value is -0.990. The smallest absolute Gasteiger partial charge is 0.287 e. The Labute approximate surface area is 86.5 Å². The molecule has 3 nitrogen and oxygen atoms in total. The first-order chi connectivity index (χ1) is 6.88. The van der Waals surface area contributed by atoms with Crippen LogP contribution in [0.1, 0.15) is 26.2 Å². The zero-order valence-corrected chi connectivity index (χ0v) is 9.04. The topological polar surface area (TPSA) is 24.8 Å². The normalized spacial score (nSPS) is 15.5. The van der Waals surface area contributed by atoms with Crippen LogP contribution in [0.15, 0.2) is 17.6 Å². The second kappa shape index (κ2) is 6.46. The van der Waals surface area contributed by atoms with Crippen LogP contribution in [-0.4, -0.2) is 37.2 Å². The van der Waals surface area contributed by atoms with Gasteiger partial charge in [0.05, 0.1) is 13.2 Å². The summed E-state index contributed by atoms with van der Waals surface area (Å²) in [4.78, 5) is 6.43. The summed E-state index contributed by atoms with van der Waals surface area (Å²) in [5, 5.41) is 0. The predicted molar refractivity (Wildman–Crippen MR) is 59.5 cm³/mol. The Kier molecular flexibility index (Phi) is 5.12. The molecule has 14 heavy (non-hydrogen) atoms. The van der Waals surface area contributed by atoms with Crippen LogP contribution in [0.5, 0.6) is 0 Å². The van der Waals surface area contributed by atoms with Crippen molar-refractivity contribution in [3.63, 3.8) is 0 Å². The lowest BCUT2D eigenvalue weighted by atomic mass is 10.3. The lowest BCUT2D eigenvalue weighted by Gasteiger charge is -2.17. The molecule has 0 bridgehead atoms. The molecule has 0 amide bonds. The summed E-state index contributed by atoms with van der Waals surface area (Å²) in [5.41, 5.74) is 0. The molecule has 0 N–H and O–H groups in total. The zero-order chi connectivity index (χ0) is 10.2. The third-order valence-electron chi connectivity index (χ3n) is 2.22. The predicted octanol–water partition coefficient (Wildman–Crippen LogP) is 2.05. The van der Waals surface area contributed by atoms with Crippen LogP contribution in [0, 0.1) is 0 Å². The largest absolute Gasteiger partial charge is 0.465 e. The van der Waals surface area contributed by atoms with Crippen LogP contribution < -0.4 is 0 Å². The number of rotatable bonds is 6. The fourth-order valence-corrected chi connectivity index (χ4v) is 1.44. The van der Waals surface area contributed by atoms with Gasteiger partial charge >= 0.3 is 0 Å². The van der Waals surface area contributed by atoms with E-state index in [1.54, 1.807) is 0 Å². The van der Waals surface area contributed by atoms with Gasteiger partial charge in [0.15, 0.2) is 0 Å². The maximum absolute atomic E-state index is 5.60. The standard InChI is InChI=1S/C11H20N2O/c1-3-5-6-10-14-11-12-7-9-13(11)8-4-2/h4H,2-3,5-10H2,1H3. The van der Waals surface area contributed by atoms with Crippen LogP contribution >= 0.6 is 0 Å². The molecule has 3 heteroatoms. The van der Waals surface area contributed by atoms with Crippen LogP contribution in [0.25, 0.3) is 0 Å². The van der Waals surface area contributed by atoms with Crippen molar-refractivity contribution in [3.8, 4) is 0 Å². The molecule has 0 atom stereocenters. The van der Waals surface area contributed by atoms with Crippen LogP contribution in [0.4, 0.5) is 0 Å². The fraction of sp³-hybridized carbons (Fsp3) is 0.727. The van der Waals surface area contributed by atoms with Crippen molar-refractivity contribution < 1.29 is 4.74 Å². The quantitative estimate of drug-likeness (QED) is 0.480. The lowest BCUT2D eigenvalue weighted by Crippen LogP contribution is -2.29. The molecule has 0 radical (unpaired) electrons. The first-order valence-corrected chi connectivity index (χ1v) is 5.41. The third-order valence-corrected chi connectivity index (χ3v) is 2.22. The maximum atomic E-state index is 5.60. The number of hydrogen-bond donors (Lipinski definition) is 0. The zero-order valence-electron chi connectivity index (χ0n) is 9.04. The minimum atomic E-state index is 0.792. The molecule has 0 aromatic heterocycles. The first-order valence-electron chi connectivity index (χ1n) is 5.41. The van der Waals surface area contributed by atoms with E-state index in [0.717, 1.165) is 38.7 Å². The first kappa shape index (κ1) is 11.1. The number of unbranched alkanes of at least 4 members (excludes halogenated alkanes) is 2. The maximum Gasteiger partial charge on any atom is 0.287 e. The van der Waals surface area contributed by atoms with Crippen molar-refractivity contribution in [2.24, 2.45) is 4.99 Å². The van der Waals surface area contributed by atoms with Gasteiger partial charge in [-0.3, -0.25) is 0 Å². The number of ether oxygens (including phenoxy) is 1. The van der Waals surface area contributed by atoms with Crippen molar-refractivity contribution >= 4 is 6.02 Å². The SMILES string of the molecule is C=CCN1CCN=C1OCCCCC.